The number of aryl methyl sites for hydroxylation is 2. The molecule has 2 rings (SSSR count). The number of hydrogen-bond donors (Lipinski definition) is 1. The van der Waals surface area contributed by atoms with Gasteiger partial charge >= 0.3 is 0 Å². The molecule has 1 aromatic carbocycles. The number of hydrogen-bond acceptors (Lipinski definition) is 4. The number of carbonyl (C=O) groups is 1. The van der Waals surface area contributed by atoms with E-state index in [1.54, 1.807) is 32.0 Å². The maximum absolute atomic E-state index is 12.1. The quantitative estimate of drug-likeness (QED) is 0.925. The van der Waals surface area contributed by atoms with Gasteiger partial charge in [0.1, 0.15) is 18.1 Å². The fourth-order valence-corrected chi connectivity index (χ4v) is 2.04. The van der Waals surface area contributed by atoms with Gasteiger partial charge in [-0.2, -0.15) is 0 Å². The van der Waals surface area contributed by atoms with E-state index in [-0.39, 0.29) is 18.0 Å². The van der Waals surface area contributed by atoms with E-state index < -0.39 is 0 Å². The molecule has 1 amide bonds. The minimum absolute atomic E-state index is 0.0873. The zero-order chi connectivity index (χ0) is 15.4. The van der Waals surface area contributed by atoms with Crippen LogP contribution >= 0.6 is 0 Å². The molecule has 0 atom stereocenters. The van der Waals surface area contributed by atoms with Gasteiger partial charge in [0.25, 0.3) is 5.56 Å². The predicted octanol–water partition coefficient (Wildman–Crippen LogP) is 1.51. The second-order valence-corrected chi connectivity index (χ2v) is 4.62. The van der Waals surface area contributed by atoms with Gasteiger partial charge in [-0.05, 0) is 26.0 Å². The van der Waals surface area contributed by atoms with Crippen molar-refractivity contribution in [1.29, 1.82) is 0 Å². The molecule has 0 spiro atoms. The van der Waals surface area contributed by atoms with Gasteiger partial charge in [0.05, 0.1) is 12.8 Å². The minimum atomic E-state index is -0.310. The first kappa shape index (κ1) is 14.8. The number of para-hydroxylation sites is 2. The summed E-state index contributed by atoms with van der Waals surface area (Å²) in [5, 5.41) is 2.73. The van der Waals surface area contributed by atoms with Crippen LogP contribution in [0.4, 0.5) is 5.69 Å². The first-order chi connectivity index (χ1) is 10.0. The Bertz CT molecular complexity index is 722. The number of nitrogens with one attached hydrogen (secondary N) is 1. The third kappa shape index (κ3) is 3.47. The fourth-order valence-electron chi connectivity index (χ4n) is 2.04. The summed E-state index contributed by atoms with van der Waals surface area (Å²) in [6.45, 7) is 3.36. The molecule has 0 radical (unpaired) electrons. The minimum Gasteiger partial charge on any atom is -0.495 e. The number of amides is 1. The summed E-state index contributed by atoms with van der Waals surface area (Å²) in [4.78, 5) is 28.2. The molecule has 0 fully saturated rings. The van der Waals surface area contributed by atoms with Crippen LogP contribution in [0.3, 0.4) is 0 Å². The number of aromatic nitrogens is 2. The monoisotopic (exact) mass is 287 g/mol. The highest BCUT2D eigenvalue weighted by Crippen LogP contribution is 2.22. The molecule has 6 nitrogen and oxygen atoms in total. The lowest BCUT2D eigenvalue weighted by Crippen LogP contribution is -2.30. The molecule has 0 unspecified atom stereocenters. The maximum atomic E-state index is 12.1. The zero-order valence-corrected chi connectivity index (χ0v) is 12.2. The summed E-state index contributed by atoms with van der Waals surface area (Å²) < 4.78 is 6.50. The summed E-state index contributed by atoms with van der Waals surface area (Å²) in [5.74, 6) is 0.766. The Labute approximate surface area is 122 Å². The number of nitrogens with zero attached hydrogens (tertiary/aromatic N) is 2. The molecule has 6 heteroatoms. The Morgan fingerprint density at radius 1 is 1.33 bits per heavy atom. The van der Waals surface area contributed by atoms with Crippen LogP contribution in [0.2, 0.25) is 0 Å². The molecule has 0 aliphatic rings. The number of anilines is 1. The molecular weight excluding hydrogens is 270 g/mol. The average Bonchev–Trinajstić information content (AvgIpc) is 2.43. The SMILES string of the molecule is COc1ccccc1NC(=O)Cn1c(C)nc(C)cc1=O. The van der Waals surface area contributed by atoms with Crippen LogP contribution in [-0.4, -0.2) is 22.6 Å². The van der Waals surface area contributed by atoms with E-state index in [2.05, 4.69) is 10.3 Å². The largest absolute Gasteiger partial charge is 0.495 e. The van der Waals surface area contributed by atoms with E-state index in [0.717, 1.165) is 0 Å². The number of rotatable bonds is 4. The molecular formula is C15H17N3O3. The molecule has 110 valence electrons. The van der Waals surface area contributed by atoms with Crippen LogP contribution in [0.5, 0.6) is 5.75 Å². The first-order valence-electron chi connectivity index (χ1n) is 6.49. The number of ether oxygens (including phenoxy) is 1. The van der Waals surface area contributed by atoms with Crippen LogP contribution in [0.1, 0.15) is 11.5 Å². The standard InChI is InChI=1S/C15H17N3O3/c1-10-8-15(20)18(11(2)16-10)9-14(19)17-12-6-4-5-7-13(12)21-3/h4-8H,9H2,1-3H3,(H,17,19). The maximum Gasteiger partial charge on any atom is 0.254 e. The van der Waals surface area contributed by atoms with E-state index in [1.807, 2.05) is 6.07 Å². The molecule has 1 heterocycles. The summed E-state index contributed by atoms with van der Waals surface area (Å²) in [6.07, 6.45) is 0. The lowest BCUT2D eigenvalue weighted by Gasteiger charge is -2.12. The van der Waals surface area contributed by atoms with Crippen molar-refractivity contribution >= 4 is 11.6 Å². The molecule has 0 aliphatic heterocycles. The van der Waals surface area contributed by atoms with Gasteiger partial charge in [-0.15, -0.1) is 0 Å². The molecule has 1 aromatic heterocycles. The Hall–Kier alpha value is -2.63. The Morgan fingerprint density at radius 3 is 2.71 bits per heavy atom. The van der Waals surface area contributed by atoms with Crippen LogP contribution in [-0.2, 0) is 11.3 Å². The highest BCUT2D eigenvalue weighted by molar-refractivity contribution is 5.92. The molecule has 21 heavy (non-hydrogen) atoms. The van der Waals surface area contributed by atoms with E-state index >= 15 is 0 Å². The average molecular weight is 287 g/mol. The Morgan fingerprint density at radius 2 is 2.05 bits per heavy atom. The topological polar surface area (TPSA) is 73.2 Å². The molecule has 2 aromatic rings. The normalized spacial score (nSPS) is 10.2. The Kier molecular flexibility index (Phi) is 4.37. The third-order valence-electron chi connectivity index (χ3n) is 3.01. The van der Waals surface area contributed by atoms with Gasteiger partial charge in [-0.25, -0.2) is 4.98 Å². The highest BCUT2D eigenvalue weighted by Gasteiger charge is 2.10. The van der Waals surface area contributed by atoms with Crippen molar-refractivity contribution in [2.24, 2.45) is 0 Å². The van der Waals surface area contributed by atoms with Gasteiger partial charge in [0.2, 0.25) is 5.91 Å². The van der Waals surface area contributed by atoms with Gasteiger partial charge in [-0.3, -0.25) is 14.2 Å². The highest BCUT2D eigenvalue weighted by atomic mass is 16.5. The van der Waals surface area contributed by atoms with E-state index in [9.17, 15) is 9.59 Å². The number of methoxy groups -OCH3 is 1. The van der Waals surface area contributed by atoms with Crippen molar-refractivity contribution in [2.45, 2.75) is 20.4 Å². The van der Waals surface area contributed by atoms with Gasteiger partial charge in [0.15, 0.2) is 0 Å². The molecule has 0 saturated carbocycles. The van der Waals surface area contributed by atoms with Gasteiger partial charge in [0, 0.05) is 11.8 Å². The molecule has 0 bridgehead atoms. The molecule has 0 aliphatic carbocycles. The summed E-state index contributed by atoms with van der Waals surface area (Å²) in [6, 6.07) is 8.50. The van der Waals surface area contributed by atoms with Crippen molar-refractivity contribution in [3.63, 3.8) is 0 Å². The Balaban J connectivity index is 2.18. The fraction of sp³-hybridized carbons (Fsp3) is 0.267. The second kappa shape index (κ2) is 6.21. The van der Waals surface area contributed by atoms with E-state index in [1.165, 1.54) is 17.7 Å². The van der Waals surface area contributed by atoms with Crippen LogP contribution in [0.25, 0.3) is 0 Å². The zero-order valence-electron chi connectivity index (χ0n) is 12.2. The molecule has 0 saturated heterocycles. The first-order valence-corrected chi connectivity index (χ1v) is 6.49. The van der Waals surface area contributed by atoms with E-state index in [0.29, 0.717) is 23.0 Å². The van der Waals surface area contributed by atoms with Crippen LogP contribution in [0, 0.1) is 13.8 Å². The van der Waals surface area contributed by atoms with Crippen molar-refractivity contribution in [3.05, 3.63) is 52.2 Å². The summed E-state index contributed by atoms with van der Waals surface area (Å²) in [7, 11) is 1.53. The smallest absolute Gasteiger partial charge is 0.254 e. The van der Waals surface area contributed by atoms with Gasteiger partial charge in [-0.1, -0.05) is 12.1 Å². The lowest BCUT2D eigenvalue weighted by atomic mass is 10.3. The molecule has 1 N–H and O–H groups in total. The van der Waals surface area contributed by atoms with Crippen molar-refractivity contribution in [2.75, 3.05) is 12.4 Å². The van der Waals surface area contributed by atoms with Crippen LogP contribution < -0.4 is 15.6 Å². The summed E-state index contributed by atoms with van der Waals surface area (Å²) in [5.41, 5.74) is 0.963. The predicted molar refractivity (Wildman–Crippen MR) is 79.6 cm³/mol. The number of carbonyl (C=O) groups excluding carboxylic acids is 1. The van der Waals surface area contributed by atoms with Crippen molar-refractivity contribution < 1.29 is 9.53 Å². The van der Waals surface area contributed by atoms with E-state index in [4.69, 9.17) is 4.74 Å². The lowest BCUT2D eigenvalue weighted by molar-refractivity contribution is -0.116. The van der Waals surface area contributed by atoms with Gasteiger partial charge < -0.3 is 10.1 Å². The second-order valence-electron chi connectivity index (χ2n) is 4.62. The number of benzene rings is 1. The summed E-state index contributed by atoms with van der Waals surface area (Å²) >= 11 is 0. The van der Waals surface area contributed by atoms with Crippen LogP contribution in [0.15, 0.2) is 35.1 Å². The third-order valence-corrected chi connectivity index (χ3v) is 3.01. The van der Waals surface area contributed by atoms with Crippen molar-refractivity contribution in [1.82, 2.24) is 9.55 Å². The van der Waals surface area contributed by atoms with Crippen molar-refractivity contribution in [3.8, 4) is 5.75 Å².